The van der Waals surface area contributed by atoms with Gasteiger partial charge in [-0.1, -0.05) is 0 Å². The van der Waals surface area contributed by atoms with Gasteiger partial charge in [0.2, 0.25) is 0 Å². The maximum absolute atomic E-state index is 5.51. The first-order chi connectivity index (χ1) is 6.29. The number of thiophene rings is 1. The molecule has 0 bridgehead atoms. The van der Waals surface area contributed by atoms with E-state index in [1.807, 2.05) is 12.3 Å². The number of rotatable bonds is 2. The lowest BCUT2D eigenvalue weighted by atomic mass is 10.5. The van der Waals surface area contributed by atoms with E-state index in [1.54, 1.807) is 22.7 Å². The molecular formula is C8H7BrN2S2. The monoisotopic (exact) mass is 274 g/mol. The summed E-state index contributed by atoms with van der Waals surface area (Å²) < 4.78 is 1.13. The normalized spacial score (nSPS) is 10.6. The van der Waals surface area contributed by atoms with Crippen molar-refractivity contribution in [2.24, 2.45) is 5.73 Å². The third-order valence-corrected chi connectivity index (χ3v) is 4.35. The second-order valence-corrected chi connectivity index (χ2v) is 6.02. The van der Waals surface area contributed by atoms with Crippen LogP contribution in [0.4, 0.5) is 0 Å². The molecule has 5 heteroatoms. The molecule has 2 aromatic rings. The van der Waals surface area contributed by atoms with E-state index in [-0.39, 0.29) is 0 Å². The summed E-state index contributed by atoms with van der Waals surface area (Å²) in [5.74, 6) is 0. The Hall–Kier alpha value is -0.230. The quantitative estimate of drug-likeness (QED) is 0.914. The summed E-state index contributed by atoms with van der Waals surface area (Å²) in [5.41, 5.74) is 5.51. The lowest BCUT2D eigenvalue weighted by molar-refractivity contribution is 1.10. The van der Waals surface area contributed by atoms with Gasteiger partial charge in [0.25, 0.3) is 0 Å². The average molecular weight is 275 g/mol. The number of hydrogen-bond acceptors (Lipinski definition) is 4. The van der Waals surface area contributed by atoms with Gasteiger partial charge in [0.15, 0.2) is 0 Å². The van der Waals surface area contributed by atoms with Crippen LogP contribution in [-0.4, -0.2) is 4.98 Å². The van der Waals surface area contributed by atoms with Gasteiger partial charge < -0.3 is 5.73 Å². The van der Waals surface area contributed by atoms with E-state index in [4.69, 9.17) is 5.73 Å². The Kier molecular flexibility index (Phi) is 2.78. The minimum atomic E-state index is 0.574. The molecule has 13 heavy (non-hydrogen) atoms. The van der Waals surface area contributed by atoms with Gasteiger partial charge in [0.1, 0.15) is 5.01 Å². The zero-order chi connectivity index (χ0) is 9.26. The van der Waals surface area contributed by atoms with Gasteiger partial charge in [-0.05, 0) is 28.1 Å². The third kappa shape index (κ3) is 1.99. The van der Waals surface area contributed by atoms with Gasteiger partial charge in [-0.15, -0.1) is 22.7 Å². The predicted molar refractivity (Wildman–Crippen MR) is 61.0 cm³/mol. The third-order valence-electron chi connectivity index (χ3n) is 1.54. The molecule has 0 aliphatic carbocycles. The Morgan fingerprint density at radius 2 is 2.23 bits per heavy atom. The SMILES string of the molecule is NCc1cnc(-c2ccc(Br)s2)s1. The molecule has 2 N–H and O–H groups in total. The molecule has 0 unspecified atom stereocenters. The number of halogens is 1. The highest BCUT2D eigenvalue weighted by Gasteiger charge is 2.05. The molecule has 0 saturated heterocycles. The van der Waals surface area contributed by atoms with Crippen LogP contribution in [0.5, 0.6) is 0 Å². The van der Waals surface area contributed by atoms with Crippen LogP contribution in [0.15, 0.2) is 22.1 Å². The number of aromatic nitrogens is 1. The second kappa shape index (κ2) is 3.88. The van der Waals surface area contributed by atoms with Gasteiger partial charge in [0, 0.05) is 17.6 Å². The van der Waals surface area contributed by atoms with Gasteiger partial charge in [-0.3, -0.25) is 0 Å². The van der Waals surface area contributed by atoms with E-state index in [0.717, 1.165) is 13.7 Å². The largest absolute Gasteiger partial charge is 0.326 e. The van der Waals surface area contributed by atoms with Crippen molar-refractivity contribution in [1.82, 2.24) is 4.98 Å². The van der Waals surface area contributed by atoms with E-state index in [9.17, 15) is 0 Å². The van der Waals surface area contributed by atoms with Gasteiger partial charge in [0.05, 0.1) is 8.66 Å². The Morgan fingerprint density at radius 3 is 2.77 bits per heavy atom. The number of nitrogens with zero attached hydrogens (tertiary/aromatic N) is 1. The second-order valence-electron chi connectivity index (χ2n) is 2.44. The molecule has 0 atom stereocenters. The minimum absolute atomic E-state index is 0.574. The van der Waals surface area contributed by atoms with Crippen LogP contribution in [0.3, 0.4) is 0 Å². The minimum Gasteiger partial charge on any atom is -0.326 e. The van der Waals surface area contributed by atoms with Crippen LogP contribution in [0.1, 0.15) is 4.88 Å². The van der Waals surface area contributed by atoms with Gasteiger partial charge >= 0.3 is 0 Å². The fourth-order valence-corrected chi connectivity index (χ4v) is 3.18. The molecule has 0 saturated carbocycles. The van der Waals surface area contributed by atoms with Crippen molar-refractivity contribution in [2.45, 2.75) is 6.54 Å². The Bertz CT molecular complexity index is 408. The fraction of sp³-hybridized carbons (Fsp3) is 0.125. The lowest BCUT2D eigenvalue weighted by Gasteiger charge is -1.86. The molecular weight excluding hydrogens is 268 g/mol. The topological polar surface area (TPSA) is 38.9 Å². The summed E-state index contributed by atoms with van der Waals surface area (Å²) in [7, 11) is 0. The van der Waals surface area contributed by atoms with E-state index < -0.39 is 0 Å². The summed E-state index contributed by atoms with van der Waals surface area (Å²) in [4.78, 5) is 6.61. The summed E-state index contributed by atoms with van der Waals surface area (Å²) >= 11 is 6.77. The average Bonchev–Trinajstić information content (AvgIpc) is 2.71. The lowest BCUT2D eigenvalue weighted by Crippen LogP contribution is -1.91. The molecule has 0 fully saturated rings. The van der Waals surface area contributed by atoms with Crippen LogP contribution >= 0.6 is 38.6 Å². The zero-order valence-corrected chi connectivity index (χ0v) is 9.88. The van der Waals surface area contributed by atoms with Crippen LogP contribution in [0, 0.1) is 0 Å². The van der Waals surface area contributed by atoms with Gasteiger partial charge in [-0.2, -0.15) is 0 Å². The predicted octanol–water partition coefficient (Wildman–Crippen LogP) is 3.09. The molecule has 0 aliphatic rings. The highest BCUT2D eigenvalue weighted by Crippen LogP contribution is 2.33. The number of thiazole rings is 1. The van der Waals surface area contributed by atoms with E-state index >= 15 is 0 Å². The van der Waals surface area contributed by atoms with Crippen molar-refractivity contribution in [3.05, 3.63) is 27.0 Å². The summed E-state index contributed by atoms with van der Waals surface area (Å²) in [6.45, 7) is 0.574. The van der Waals surface area contributed by atoms with Crippen molar-refractivity contribution >= 4 is 38.6 Å². The Labute approximate surface area is 92.6 Å². The van der Waals surface area contributed by atoms with E-state index in [2.05, 4.69) is 27.0 Å². The van der Waals surface area contributed by atoms with Crippen molar-refractivity contribution < 1.29 is 0 Å². The highest BCUT2D eigenvalue weighted by atomic mass is 79.9. The van der Waals surface area contributed by atoms with E-state index in [1.165, 1.54) is 4.88 Å². The van der Waals surface area contributed by atoms with Crippen molar-refractivity contribution in [3.8, 4) is 9.88 Å². The maximum atomic E-state index is 5.51. The summed E-state index contributed by atoms with van der Waals surface area (Å²) in [5, 5.41) is 1.05. The van der Waals surface area contributed by atoms with Crippen molar-refractivity contribution in [1.29, 1.82) is 0 Å². The maximum Gasteiger partial charge on any atom is 0.133 e. The smallest absolute Gasteiger partial charge is 0.133 e. The number of hydrogen-bond donors (Lipinski definition) is 1. The molecule has 0 spiro atoms. The highest BCUT2D eigenvalue weighted by molar-refractivity contribution is 9.11. The molecule has 0 amide bonds. The van der Waals surface area contributed by atoms with Crippen LogP contribution in [-0.2, 0) is 6.54 Å². The van der Waals surface area contributed by atoms with Crippen molar-refractivity contribution in [3.63, 3.8) is 0 Å². The molecule has 0 aliphatic heterocycles. The van der Waals surface area contributed by atoms with Crippen molar-refractivity contribution in [2.75, 3.05) is 0 Å². The molecule has 0 radical (unpaired) electrons. The summed E-state index contributed by atoms with van der Waals surface area (Å²) in [6, 6.07) is 4.09. The molecule has 2 aromatic heterocycles. The molecule has 2 rings (SSSR count). The first-order valence-electron chi connectivity index (χ1n) is 3.70. The van der Waals surface area contributed by atoms with Crippen LogP contribution < -0.4 is 5.73 Å². The molecule has 2 nitrogen and oxygen atoms in total. The first-order valence-corrected chi connectivity index (χ1v) is 6.12. The van der Waals surface area contributed by atoms with Gasteiger partial charge in [-0.25, -0.2) is 4.98 Å². The Balaban J connectivity index is 2.35. The van der Waals surface area contributed by atoms with Crippen LogP contribution in [0.2, 0.25) is 0 Å². The standard InChI is InChI=1S/C8H7BrN2S2/c9-7-2-1-6(13-7)8-11-4-5(3-10)12-8/h1-2,4H,3,10H2. The fourth-order valence-electron chi connectivity index (χ4n) is 0.945. The summed E-state index contributed by atoms with van der Waals surface area (Å²) in [6.07, 6.45) is 1.84. The molecule has 0 aromatic carbocycles. The zero-order valence-electron chi connectivity index (χ0n) is 6.66. The molecule has 2 heterocycles. The van der Waals surface area contributed by atoms with Crippen LogP contribution in [0.25, 0.3) is 9.88 Å². The van der Waals surface area contributed by atoms with E-state index in [0.29, 0.717) is 6.54 Å². The first kappa shape index (κ1) is 9.33. The Morgan fingerprint density at radius 1 is 1.38 bits per heavy atom. The molecule has 68 valence electrons. The number of nitrogens with two attached hydrogens (primary N) is 1.